The number of halogens is 2. The van der Waals surface area contributed by atoms with Crippen LogP contribution in [0, 0.1) is 24.5 Å². The zero-order valence-electron chi connectivity index (χ0n) is 35.5. The largest absolute Gasteiger partial charge is 0.368 e. The number of benzene rings is 2. The van der Waals surface area contributed by atoms with Gasteiger partial charge in [0.05, 0.1) is 22.8 Å². The Labute approximate surface area is 362 Å². The summed E-state index contributed by atoms with van der Waals surface area (Å²) in [6.07, 6.45) is 7.60. The molecule has 4 fully saturated rings. The smallest absolute Gasteiger partial charge is 0.262 e. The average molecular weight is 858 g/mol. The van der Waals surface area contributed by atoms with Crippen molar-refractivity contribution in [1.82, 2.24) is 44.5 Å². The van der Waals surface area contributed by atoms with Crippen molar-refractivity contribution in [2.24, 2.45) is 5.92 Å². The standard InChI is InChI=1S/C46H49F2N11O4/c1-25(2)58-26(3)51-42-35(47)16-29(17-38(42)58)41-36(48)20-50-46(54-41)52-39-10-4-28(19-49-39)21-55-14-12-27(13-15-55)22-57-31-5-6-32(57)24-56(23-31)30-7-8-33-34(18-30)45(63)59(44(33)62)37-9-11-40(60)53-43(37)61/h4,7-8,10,16-20,25,27,31-32,37H,5-6,9,11-15,21-24H2,1-3H3,(H,53,60,61)(H,49,50,52,54). The van der Waals surface area contributed by atoms with Crippen LogP contribution in [0.15, 0.2) is 54.9 Å². The van der Waals surface area contributed by atoms with E-state index in [0.717, 1.165) is 87.3 Å². The van der Waals surface area contributed by atoms with E-state index in [1.54, 1.807) is 18.2 Å². The zero-order valence-corrected chi connectivity index (χ0v) is 35.5. The van der Waals surface area contributed by atoms with Crippen LogP contribution in [0.2, 0.25) is 0 Å². The molecule has 2 N–H and O–H groups in total. The summed E-state index contributed by atoms with van der Waals surface area (Å²) in [6.45, 7) is 11.3. The fourth-order valence-corrected chi connectivity index (χ4v) is 10.4. The van der Waals surface area contributed by atoms with Crippen molar-refractivity contribution in [1.29, 1.82) is 0 Å². The van der Waals surface area contributed by atoms with Crippen molar-refractivity contribution >= 4 is 52.1 Å². The van der Waals surface area contributed by atoms with Gasteiger partial charge in [-0.05, 0) is 114 Å². The average Bonchev–Trinajstić information content (AvgIpc) is 3.81. The van der Waals surface area contributed by atoms with Crippen LogP contribution in [-0.2, 0) is 16.1 Å². The molecule has 5 aromatic rings. The second kappa shape index (κ2) is 16.2. The summed E-state index contributed by atoms with van der Waals surface area (Å²) < 4.78 is 32.2. The number of fused-ring (bicyclic) bond motifs is 4. The minimum Gasteiger partial charge on any atom is -0.368 e. The van der Waals surface area contributed by atoms with Crippen molar-refractivity contribution < 1.29 is 28.0 Å². The highest BCUT2D eigenvalue weighted by Crippen LogP contribution is 2.37. The molecular weight excluding hydrogens is 809 g/mol. The van der Waals surface area contributed by atoms with E-state index in [4.69, 9.17) is 0 Å². The molecule has 10 rings (SSSR count). The van der Waals surface area contributed by atoms with Gasteiger partial charge in [0.25, 0.3) is 11.8 Å². The molecule has 0 saturated carbocycles. The molecule has 3 aromatic heterocycles. The first-order valence-corrected chi connectivity index (χ1v) is 21.9. The highest BCUT2D eigenvalue weighted by atomic mass is 19.1. The molecule has 326 valence electrons. The van der Waals surface area contributed by atoms with E-state index in [-0.39, 0.29) is 36.0 Å². The number of imidazole rings is 1. The summed E-state index contributed by atoms with van der Waals surface area (Å²) in [6, 6.07) is 12.1. The van der Waals surface area contributed by atoms with Crippen LogP contribution >= 0.6 is 0 Å². The van der Waals surface area contributed by atoms with Crippen LogP contribution in [-0.4, -0.2) is 114 Å². The number of amides is 4. The molecule has 5 aliphatic heterocycles. The van der Waals surface area contributed by atoms with Crippen LogP contribution in [0.1, 0.15) is 90.5 Å². The molecule has 2 aromatic carbocycles. The monoisotopic (exact) mass is 857 g/mol. The van der Waals surface area contributed by atoms with Crippen molar-refractivity contribution in [3.05, 3.63) is 89.0 Å². The first-order valence-electron chi connectivity index (χ1n) is 21.9. The number of carbonyl (C=O) groups excluding carboxylic acids is 4. The minimum absolute atomic E-state index is 0.0199. The number of piperazine rings is 1. The Morgan fingerprint density at radius 1 is 0.841 bits per heavy atom. The lowest BCUT2D eigenvalue weighted by Crippen LogP contribution is -2.55. The fourth-order valence-electron chi connectivity index (χ4n) is 10.4. The highest BCUT2D eigenvalue weighted by Gasteiger charge is 2.46. The second-order valence-corrected chi connectivity index (χ2v) is 17.9. The van der Waals surface area contributed by atoms with Gasteiger partial charge in [-0.15, -0.1) is 0 Å². The van der Waals surface area contributed by atoms with E-state index in [0.29, 0.717) is 51.9 Å². The van der Waals surface area contributed by atoms with E-state index < -0.39 is 41.3 Å². The Bertz CT molecular complexity index is 2650. The predicted molar refractivity (Wildman–Crippen MR) is 230 cm³/mol. The number of nitrogens with one attached hydrogen (secondary N) is 2. The van der Waals surface area contributed by atoms with Gasteiger partial charge in [0.1, 0.15) is 28.9 Å². The third-order valence-electron chi connectivity index (χ3n) is 13.5. The van der Waals surface area contributed by atoms with Crippen LogP contribution in [0.3, 0.4) is 0 Å². The van der Waals surface area contributed by atoms with Crippen molar-refractivity contribution in [3.8, 4) is 11.3 Å². The third-order valence-corrected chi connectivity index (χ3v) is 13.5. The molecule has 63 heavy (non-hydrogen) atoms. The van der Waals surface area contributed by atoms with Crippen LogP contribution in [0.25, 0.3) is 22.3 Å². The van der Waals surface area contributed by atoms with E-state index in [1.807, 2.05) is 49.7 Å². The van der Waals surface area contributed by atoms with E-state index in [2.05, 4.69) is 45.3 Å². The number of pyridine rings is 1. The molecule has 5 aliphatic rings. The number of rotatable bonds is 10. The number of aryl methyl sites for hydroxylation is 1. The molecule has 0 radical (unpaired) electrons. The summed E-state index contributed by atoms with van der Waals surface area (Å²) in [7, 11) is 0. The molecule has 4 amide bonds. The molecule has 17 heteroatoms. The lowest BCUT2D eigenvalue weighted by atomic mass is 9.94. The van der Waals surface area contributed by atoms with Gasteiger partial charge in [0, 0.05) is 68.2 Å². The minimum atomic E-state index is -0.978. The zero-order chi connectivity index (χ0) is 43.7. The number of nitrogens with zero attached hydrogens (tertiary/aromatic N) is 9. The number of likely N-dealkylation sites (tertiary alicyclic amines) is 1. The first kappa shape index (κ1) is 40.8. The summed E-state index contributed by atoms with van der Waals surface area (Å²) >= 11 is 0. The number of hydrogen-bond donors (Lipinski definition) is 2. The third kappa shape index (κ3) is 7.60. The summed E-state index contributed by atoms with van der Waals surface area (Å²) in [5.74, 6) is -1.23. The number of carbonyl (C=O) groups is 4. The van der Waals surface area contributed by atoms with E-state index >= 15 is 8.78 Å². The number of aromatic nitrogens is 5. The first-order chi connectivity index (χ1) is 30.4. The molecule has 0 aliphatic carbocycles. The van der Waals surface area contributed by atoms with E-state index in [1.165, 1.54) is 6.07 Å². The lowest BCUT2D eigenvalue weighted by Gasteiger charge is -2.44. The Hall–Kier alpha value is -6.20. The molecule has 15 nitrogen and oxygen atoms in total. The molecule has 8 heterocycles. The number of imide groups is 2. The number of hydrogen-bond acceptors (Lipinski definition) is 12. The topological polar surface area (TPSA) is 162 Å². The predicted octanol–water partition coefficient (Wildman–Crippen LogP) is 5.77. The van der Waals surface area contributed by atoms with Crippen molar-refractivity contribution in [2.75, 3.05) is 42.9 Å². The molecule has 0 spiro atoms. The fraction of sp³-hybridized carbons (Fsp3) is 0.435. The quantitative estimate of drug-likeness (QED) is 0.164. The molecule has 4 saturated heterocycles. The lowest BCUT2D eigenvalue weighted by molar-refractivity contribution is -0.136. The Morgan fingerprint density at radius 3 is 2.32 bits per heavy atom. The molecular formula is C46H49F2N11O4. The van der Waals surface area contributed by atoms with Gasteiger partial charge in [0.2, 0.25) is 17.8 Å². The summed E-state index contributed by atoms with van der Waals surface area (Å²) in [5, 5.41) is 5.33. The highest BCUT2D eigenvalue weighted by molar-refractivity contribution is 6.23. The maximum Gasteiger partial charge on any atom is 0.262 e. The SMILES string of the molecule is Cc1nc2c(F)cc(-c3nc(Nc4ccc(CN5CCC(CN6C7CCC6CN(c6ccc8c(c6)C(=O)N(C6CCC(=O)NC6=O)C8=O)C7)CC5)cn4)ncc3F)cc2n1C(C)C. The molecule has 3 atom stereocenters. The maximum atomic E-state index is 15.2. The number of piperidine rings is 2. The van der Waals surface area contributed by atoms with Gasteiger partial charge >= 0.3 is 0 Å². The van der Waals surface area contributed by atoms with Gasteiger partial charge in [-0.2, -0.15) is 0 Å². The van der Waals surface area contributed by atoms with Gasteiger partial charge < -0.3 is 14.8 Å². The van der Waals surface area contributed by atoms with Gasteiger partial charge in [-0.3, -0.25) is 39.2 Å². The van der Waals surface area contributed by atoms with Crippen molar-refractivity contribution in [2.45, 2.75) is 90.0 Å². The molecule has 3 unspecified atom stereocenters. The van der Waals surface area contributed by atoms with Crippen molar-refractivity contribution in [3.63, 3.8) is 0 Å². The summed E-state index contributed by atoms with van der Waals surface area (Å²) in [4.78, 5) is 76.9. The normalized spacial score (nSPS) is 22.2. The van der Waals surface area contributed by atoms with Crippen LogP contribution in [0.4, 0.5) is 26.2 Å². The van der Waals surface area contributed by atoms with Gasteiger partial charge in [-0.1, -0.05) is 6.07 Å². The Balaban J connectivity index is 0.718. The Kier molecular flexibility index (Phi) is 10.5. The van der Waals surface area contributed by atoms with Gasteiger partial charge in [-0.25, -0.2) is 28.7 Å². The Morgan fingerprint density at radius 2 is 1.60 bits per heavy atom. The van der Waals surface area contributed by atoms with Crippen LogP contribution < -0.4 is 15.5 Å². The van der Waals surface area contributed by atoms with Gasteiger partial charge in [0.15, 0.2) is 11.6 Å². The van der Waals surface area contributed by atoms with E-state index in [9.17, 15) is 19.2 Å². The number of anilines is 3. The molecule has 2 bridgehead atoms. The maximum absolute atomic E-state index is 15.2. The van der Waals surface area contributed by atoms with Crippen LogP contribution in [0.5, 0.6) is 0 Å². The second-order valence-electron chi connectivity index (χ2n) is 17.9. The summed E-state index contributed by atoms with van der Waals surface area (Å²) in [5.41, 5.74) is 3.70.